The molecule has 3 rings (SSSR count). The second-order valence-electron chi connectivity index (χ2n) is 4.88. The van der Waals surface area contributed by atoms with Crippen molar-refractivity contribution >= 4 is 23.5 Å². The molecule has 2 aliphatic heterocycles. The summed E-state index contributed by atoms with van der Waals surface area (Å²) in [5.41, 5.74) is 0. The van der Waals surface area contributed by atoms with E-state index in [-0.39, 0.29) is 0 Å². The Morgan fingerprint density at radius 3 is 2.78 bits per heavy atom. The van der Waals surface area contributed by atoms with Crippen molar-refractivity contribution in [3.05, 3.63) is 11.7 Å². The third kappa shape index (κ3) is 2.70. The van der Waals surface area contributed by atoms with Crippen LogP contribution in [0, 0.1) is 0 Å². The van der Waals surface area contributed by atoms with Crippen LogP contribution in [0.25, 0.3) is 0 Å². The molecule has 2 atom stereocenters. The Balaban J connectivity index is 1.71. The van der Waals surface area contributed by atoms with E-state index in [0.717, 1.165) is 37.6 Å². The average molecular weight is 285 g/mol. The summed E-state index contributed by atoms with van der Waals surface area (Å²) in [7, 11) is 0. The fourth-order valence-electron chi connectivity index (χ4n) is 2.51. The van der Waals surface area contributed by atoms with Gasteiger partial charge in [0.05, 0.1) is 5.25 Å². The Morgan fingerprint density at radius 1 is 1.22 bits per heavy atom. The van der Waals surface area contributed by atoms with E-state index in [1.165, 1.54) is 11.5 Å². The molecule has 2 saturated heterocycles. The highest BCUT2D eigenvalue weighted by atomic mass is 32.2. The molecule has 1 N–H and O–H groups in total. The number of nitrogens with one attached hydrogen (secondary N) is 1. The second kappa shape index (κ2) is 5.84. The molecule has 18 heavy (non-hydrogen) atoms. The van der Waals surface area contributed by atoms with Crippen LogP contribution in [0.4, 0.5) is 0 Å². The third-order valence-electron chi connectivity index (χ3n) is 3.59. The third-order valence-corrected chi connectivity index (χ3v) is 6.67. The van der Waals surface area contributed by atoms with Gasteiger partial charge in [0.25, 0.3) is 0 Å². The monoisotopic (exact) mass is 285 g/mol. The van der Waals surface area contributed by atoms with Crippen molar-refractivity contribution in [2.45, 2.75) is 36.2 Å². The fourth-order valence-corrected chi connectivity index (χ4v) is 5.19. The van der Waals surface area contributed by atoms with Crippen molar-refractivity contribution < 1.29 is 4.52 Å². The number of thioether (sulfide) groups is 2. The van der Waals surface area contributed by atoms with Crippen molar-refractivity contribution in [2.24, 2.45) is 0 Å². The van der Waals surface area contributed by atoms with E-state index in [1.807, 2.05) is 23.5 Å². The minimum Gasteiger partial charge on any atom is -0.339 e. The van der Waals surface area contributed by atoms with Gasteiger partial charge in [-0.05, 0) is 25.9 Å². The molecule has 0 aliphatic carbocycles. The fraction of sp³-hybridized carbons (Fsp3) is 0.833. The Morgan fingerprint density at radius 2 is 2.00 bits per heavy atom. The van der Waals surface area contributed by atoms with Crippen LogP contribution in [-0.4, -0.2) is 40.0 Å². The number of hydrogen-bond donors (Lipinski definition) is 1. The SMILES string of the molecule is CC1SCCSC1c1noc(C2CCNCC2)n1. The van der Waals surface area contributed by atoms with E-state index in [4.69, 9.17) is 4.52 Å². The number of piperidine rings is 1. The summed E-state index contributed by atoms with van der Waals surface area (Å²) in [6, 6.07) is 0. The van der Waals surface area contributed by atoms with Crippen molar-refractivity contribution in [3.63, 3.8) is 0 Å². The lowest BCUT2D eigenvalue weighted by molar-refractivity contribution is 0.318. The zero-order chi connectivity index (χ0) is 12.4. The quantitative estimate of drug-likeness (QED) is 0.901. The lowest BCUT2D eigenvalue weighted by Gasteiger charge is -2.25. The summed E-state index contributed by atoms with van der Waals surface area (Å²) in [4.78, 5) is 4.67. The Bertz CT molecular complexity index is 392. The highest BCUT2D eigenvalue weighted by Gasteiger charge is 2.30. The Hall–Kier alpha value is -0.200. The maximum Gasteiger partial charge on any atom is 0.229 e. The molecule has 1 aromatic rings. The van der Waals surface area contributed by atoms with Crippen LogP contribution < -0.4 is 5.32 Å². The topological polar surface area (TPSA) is 51.0 Å². The van der Waals surface area contributed by atoms with Gasteiger partial charge < -0.3 is 9.84 Å². The predicted octanol–water partition coefficient (Wildman–Crippen LogP) is 2.45. The van der Waals surface area contributed by atoms with Crippen LogP contribution >= 0.6 is 23.5 Å². The van der Waals surface area contributed by atoms with Crippen LogP contribution in [-0.2, 0) is 0 Å². The van der Waals surface area contributed by atoms with Crippen molar-refractivity contribution in [3.8, 4) is 0 Å². The lowest BCUT2D eigenvalue weighted by atomic mass is 9.98. The number of nitrogens with zero attached hydrogens (tertiary/aromatic N) is 2. The highest BCUT2D eigenvalue weighted by Crippen LogP contribution is 2.41. The normalized spacial score (nSPS) is 30.5. The van der Waals surface area contributed by atoms with Gasteiger partial charge in [-0.25, -0.2) is 0 Å². The predicted molar refractivity (Wildman–Crippen MR) is 76.3 cm³/mol. The van der Waals surface area contributed by atoms with Crippen LogP contribution in [0.5, 0.6) is 0 Å². The first kappa shape index (κ1) is 12.8. The van der Waals surface area contributed by atoms with Crippen molar-refractivity contribution in [1.29, 1.82) is 0 Å². The van der Waals surface area contributed by atoms with Crippen LogP contribution in [0.3, 0.4) is 0 Å². The smallest absolute Gasteiger partial charge is 0.229 e. The number of rotatable bonds is 2. The van der Waals surface area contributed by atoms with E-state index < -0.39 is 0 Å². The van der Waals surface area contributed by atoms with Gasteiger partial charge in [0.2, 0.25) is 5.89 Å². The molecule has 0 aromatic carbocycles. The molecular formula is C12H19N3OS2. The Labute approximate surface area is 116 Å². The zero-order valence-electron chi connectivity index (χ0n) is 10.6. The molecule has 3 heterocycles. The number of hydrogen-bond acceptors (Lipinski definition) is 6. The first-order chi connectivity index (χ1) is 8.84. The molecule has 0 bridgehead atoms. The van der Waals surface area contributed by atoms with Gasteiger partial charge in [0, 0.05) is 22.7 Å². The first-order valence-corrected chi connectivity index (χ1v) is 8.72. The van der Waals surface area contributed by atoms with Gasteiger partial charge in [0.1, 0.15) is 0 Å². The molecule has 100 valence electrons. The molecule has 2 aliphatic rings. The molecule has 1 aromatic heterocycles. The lowest BCUT2D eigenvalue weighted by Crippen LogP contribution is -2.26. The van der Waals surface area contributed by atoms with E-state index in [9.17, 15) is 0 Å². The molecule has 0 radical (unpaired) electrons. The summed E-state index contributed by atoms with van der Waals surface area (Å²) in [6.07, 6.45) is 2.23. The maximum absolute atomic E-state index is 5.49. The highest BCUT2D eigenvalue weighted by molar-refractivity contribution is 8.06. The van der Waals surface area contributed by atoms with E-state index in [1.54, 1.807) is 0 Å². The first-order valence-electron chi connectivity index (χ1n) is 6.62. The molecule has 0 saturated carbocycles. The van der Waals surface area contributed by atoms with E-state index in [2.05, 4.69) is 22.4 Å². The summed E-state index contributed by atoms with van der Waals surface area (Å²) in [6.45, 7) is 4.39. The minimum atomic E-state index is 0.406. The van der Waals surface area contributed by atoms with Gasteiger partial charge in [-0.2, -0.15) is 16.7 Å². The van der Waals surface area contributed by atoms with Gasteiger partial charge in [0.15, 0.2) is 5.82 Å². The largest absolute Gasteiger partial charge is 0.339 e. The Kier molecular flexibility index (Phi) is 4.16. The van der Waals surface area contributed by atoms with Crippen molar-refractivity contribution in [1.82, 2.24) is 15.5 Å². The minimum absolute atomic E-state index is 0.406. The van der Waals surface area contributed by atoms with Gasteiger partial charge >= 0.3 is 0 Å². The van der Waals surface area contributed by atoms with E-state index in [0.29, 0.717) is 16.4 Å². The number of aromatic nitrogens is 2. The molecule has 0 amide bonds. The van der Waals surface area contributed by atoms with Crippen molar-refractivity contribution in [2.75, 3.05) is 24.6 Å². The molecule has 2 fully saturated rings. The van der Waals surface area contributed by atoms with Gasteiger partial charge in [-0.3, -0.25) is 0 Å². The molecule has 6 heteroatoms. The average Bonchev–Trinajstić information content (AvgIpc) is 2.90. The summed E-state index contributed by atoms with van der Waals surface area (Å²) >= 11 is 3.98. The standard InChI is InChI=1S/C12H19N3OS2/c1-8-10(18-7-6-17-8)11-14-12(16-15-11)9-2-4-13-5-3-9/h8-10,13H,2-7H2,1H3. The second-order valence-corrected chi connectivity index (χ2v) is 7.62. The summed E-state index contributed by atoms with van der Waals surface area (Å²) in [5, 5.41) is 8.58. The maximum atomic E-state index is 5.49. The van der Waals surface area contributed by atoms with Crippen LogP contribution in [0.1, 0.15) is 42.6 Å². The van der Waals surface area contributed by atoms with Gasteiger partial charge in [-0.15, -0.1) is 11.8 Å². The zero-order valence-corrected chi connectivity index (χ0v) is 12.2. The van der Waals surface area contributed by atoms with E-state index >= 15 is 0 Å². The van der Waals surface area contributed by atoms with Crippen LogP contribution in [0.2, 0.25) is 0 Å². The van der Waals surface area contributed by atoms with Crippen LogP contribution in [0.15, 0.2) is 4.52 Å². The van der Waals surface area contributed by atoms with Gasteiger partial charge in [-0.1, -0.05) is 12.1 Å². The summed E-state index contributed by atoms with van der Waals surface area (Å²) < 4.78 is 5.49. The molecule has 2 unspecified atom stereocenters. The molecule has 0 spiro atoms. The molecule has 4 nitrogen and oxygen atoms in total. The summed E-state index contributed by atoms with van der Waals surface area (Å²) in [5.74, 6) is 4.66. The molecular weight excluding hydrogens is 266 g/mol.